The van der Waals surface area contributed by atoms with E-state index in [1.165, 1.54) is 6.42 Å². The molecule has 1 fully saturated rings. The van der Waals surface area contributed by atoms with Gasteiger partial charge in [0.15, 0.2) is 0 Å². The van der Waals surface area contributed by atoms with Gasteiger partial charge in [-0.25, -0.2) is 0 Å². The Bertz CT molecular complexity index is 433. The normalized spacial score (nSPS) is 17.9. The number of benzene rings is 1. The molecule has 0 radical (unpaired) electrons. The van der Waals surface area contributed by atoms with Crippen molar-refractivity contribution < 1.29 is 4.79 Å². The molecule has 0 saturated carbocycles. The topological polar surface area (TPSA) is 41.1 Å². The van der Waals surface area contributed by atoms with Crippen molar-refractivity contribution in [3.8, 4) is 0 Å². The van der Waals surface area contributed by atoms with E-state index in [1.54, 1.807) is 0 Å². The predicted molar refractivity (Wildman–Crippen MR) is 89.1 cm³/mol. The van der Waals surface area contributed by atoms with Crippen LogP contribution in [0.2, 0.25) is 0 Å². The fraction of sp³-hybridized carbons (Fsp3) is 0.500. The number of carbonyl (C=O) groups is 1. The van der Waals surface area contributed by atoms with Crippen molar-refractivity contribution in [1.82, 2.24) is 10.6 Å². The Morgan fingerprint density at radius 1 is 1.53 bits per heavy atom. The van der Waals surface area contributed by atoms with Gasteiger partial charge in [-0.3, -0.25) is 4.79 Å². The van der Waals surface area contributed by atoms with Crippen LogP contribution in [0.3, 0.4) is 0 Å². The molecule has 1 aromatic rings. The van der Waals surface area contributed by atoms with E-state index in [0.29, 0.717) is 0 Å². The third kappa shape index (κ3) is 4.61. The van der Waals surface area contributed by atoms with Gasteiger partial charge in [0.05, 0.1) is 0 Å². The monoisotopic (exact) mass is 394 g/mol. The van der Waals surface area contributed by atoms with Crippen LogP contribution < -0.4 is 10.6 Å². The summed E-state index contributed by atoms with van der Waals surface area (Å²) in [6, 6.07) is 5.85. The SMILES string of the molecule is Cc1c(I)cccc1C(=O)NCCC1CCNC1.Cl. The number of hydrogen-bond donors (Lipinski definition) is 2. The molecule has 1 aliphatic heterocycles. The van der Waals surface area contributed by atoms with Crippen LogP contribution in [0.5, 0.6) is 0 Å². The molecule has 1 aromatic carbocycles. The van der Waals surface area contributed by atoms with Gasteiger partial charge in [0, 0.05) is 15.7 Å². The maximum Gasteiger partial charge on any atom is 0.251 e. The molecule has 2 rings (SSSR count). The zero-order valence-corrected chi connectivity index (χ0v) is 14.0. The van der Waals surface area contributed by atoms with Crippen LogP contribution in [0.15, 0.2) is 18.2 Å². The number of amides is 1. The molecule has 1 unspecified atom stereocenters. The van der Waals surface area contributed by atoms with E-state index in [2.05, 4.69) is 33.2 Å². The molecule has 106 valence electrons. The van der Waals surface area contributed by atoms with Crippen LogP contribution in [-0.4, -0.2) is 25.5 Å². The minimum Gasteiger partial charge on any atom is -0.352 e. The maximum atomic E-state index is 12.1. The quantitative estimate of drug-likeness (QED) is 0.771. The van der Waals surface area contributed by atoms with Crippen molar-refractivity contribution in [3.63, 3.8) is 0 Å². The summed E-state index contributed by atoms with van der Waals surface area (Å²) in [4.78, 5) is 12.1. The third-order valence-corrected chi connectivity index (χ3v) is 4.68. The number of halogens is 2. The summed E-state index contributed by atoms with van der Waals surface area (Å²) in [5, 5.41) is 6.37. The fourth-order valence-corrected chi connectivity index (χ4v) is 2.80. The molecule has 3 nitrogen and oxygen atoms in total. The molecule has 1 heterocycles. The first kappa shape index (κ1) is 16.7. The molecule has 0 spiro atoms. The number of carbonyl (C=O) groups excluding carboxylic acids is 1. The summed E-state index contributed by atoms with van der Waals surface area (Å²) < 4.78 is 1.14. The minimum atomic E-state index is 0. The van der Waals surface area contributed by atoms with Gasteiger partial charge >= 0.3 is 0 Å². The molecular formula is C14H20ClIN2O. The molecular weight excluding hydrogens is 375 g/mol. The lowest BCUT2D eigenvalue weighted by Crippen LogP contribution is -2.27. The van der Waals surface area contributed by atoms with E-state index in [1.807, 2.05) is 25.1 Å². The Morgan fingerprint density at radius 2 is 2.32 bits per heavy atom. The highest BCUT2D eigenvalue weighted by atomic mass is 127. The zero-order chi connectivity index (χ0) is 13.0. The van der Waals surface area contributed by atoms with Gasteiger partial charge in [-0.1, -0.05) is 6.07 Å². The first-order valence-electron chi connectivity index (χ1n) is 6.42. The van der Waals surface area contributed by atoms with Gasteiger partial charge in [0.1, 0.15) is 0 Å². The lowest BCUT2D eigenvalue weighted by atomic mass is 10.0. The molecule has 0 aromatic heterocycles. The van der Waals surface area contributed by atoms with E-state index < -0.39 is 0 Å². The number of rotatable bonds is 4. The summed E-state index contributed by atoms with van der Waals surface area (Å²) in [5.74, 6) is 0.777. The Labute approximate surface area is 134 Å². The second-order valence-electron chi connectivity index (χ2n) is 4.82. The Kier molecular flexibility index (Phi) is 7.10. The smallest absolute Gasteiger partial charge is 0.251 e. The third-order valence-electron chi connectivity index (χ3n) is 3.51. The molecule has 5 heteroatoms. The van der Waals surface area contributed by atoms with Crippen molar-refractivity contribution in [2.75, 3.05) is 19.6 Å². The van der Waals surface area contributed by atoms with Crippen molar-refractivity contribution in [2.24, 2.45) is 5.92 Å². The molecule has 1 atom stereocenters. The number of hydrogen-bond acceptors (Lipinski definition) is 2. The van der Waals surface area contributed by atoms with Crippen LogP contribution in [-0.2, 0) is 0 Å². The molecule has 1 aliphatic rings. The van der Waals surface area contributed by atoms with Gasteiger partial charge < -0.3 is 10.6 Å². The lowest BCUT2D eigenvalue weighted by molar-refractivity contribution is 0.0951. The van der Waals surface area contributed by atoms with Crippen LogP contribution in [0.4, 0.5) is 0 Å². The highest BCUT2D eigenvalue weighted by molar-refractivity contribution is 14.1. The summed E-state index contributed by atoms with van der Waals surface area (Å²) in [5.41, 5.74) is 1.87. The summed E-state index contributed by atoms with van der Waals surface area (Å²) in [6.45, 7) is 4.99. The zero-order valence-electron chi connectivity index (χ0n) is 11.0. The molecule has 1 saturated heterocycles. The summed E-state index contributed by atoms with van der Waals surface area (Å²) in [6.07, 6.45) is 2.31. The Balaban J connectivity index is 0.00000180. The Hall–Kier alpha value is -0.330. The van der Waals surface area contributed by atoms with E-state index in [9.17, 15) is 4.79 Å². The van der Waals surface area contributed by atoms with Crippen LogP contribution >= 0.6 is 35.0 Å². The van der Waals surface area contributed by atoms with Crippen LogP contribution in [0, 0.1) is 16.4 Å². The van der Waals surface area contributed by atoms with Crippen molar-refractivity contribution >= 4 is 40.9 Å². The van der Waals surface area contributed by atoms with Crippen molar-refractivity contribution in [1.29, 1.82) is 0 Å². The van der Waals surface area contributed by atoms with Gasteiger partial charge in [-0.2, -0.15) is 0 Å². The largest absolute Gasteiger partial charge is 0.352 e. The van der Waals surface area contributed by atoms with Gasteiger partial charge in [-0.05, 0) is 79.1 Å². The van der Waals surface area contributed by atoms with Gasteiger partial charge in [-0.15, -0.1) is 12.4 Å². The van der Waals surface area contributed by atoms with Crippen LogP contribution in [0.1, 0.15) is 28.8 Å². The molecule has 2 N–H and O–H groups in total. The summed E-state index contributed by atoms with van der Waals surface area (Å²) >= 11 is 2.26. The van der Waals surface area contributed by atoms with Crippen molar-refractivity contribution in [3.05, 3.63) is 32.9 Å². The van der Waals surface area contributed by atoms with E-state index in [4.69, 9.17) is 0 Å². The minimum absolute atomic E-state index is 0. The Morgan fingerprint density at radius 3 is 3.00 bits per heavy atom. The molecule has 1 amide bonds. The van der Waals surface area contributed by atoms with E-state index >= 15 is 0 Å². The van der Waals surface area contributed by atoms with E-state index in [0.717, 1.165) is 46.7 Å². The van der Waals surface area contributed by atoms with E-state index in [-0.39, 0.29) is 18.3 Å². The first-order valence-corrected chi connectivity index (χ1v) is 7.50. The first-order chi connectivity index (χ1) is 8.68. The number of nitrogens with one attached hydrogen (secondary N) is 2. The highest BCUT2D eigenvalue weighted by Gasteiger charge is 2.15. The van der Waals surface area contributed by atoms with Gasteiger partial charge in [0.25, 0.3) is 5.91 Å². The predicted octanol–water partition coefficient (Wildman–Crippen LogP) is 2.75. The molecule has 19 heavy (non-hydrogen) atoms. The highest BCUT2D eigenvalue weighted by Crippen LogP contribution is 2.16. The second kappa shape index (κ2) is 8.07. The van der Waals surface area contributed by atoms with Crippen LogP contribution in [0.25, 0.3) is 0 Å². The van der Waals surface area contributed by atoms with Crippen molar-refractivity contribution in [2.45, 2.75) is 19.8 Å². The van der Waals surface area contributed by atoms with Gasteiger partial charge in [0.2, 0.25) is 0 Å². The second-order valence-corrected chi connectivity index (χ2v) is 5.98. The maximum absolute atomic E-state index is 12.1. The summed E-state index contributed by atoms with van der Waals surface area (Å²) in [7, 11) is 0. The average Bonchev–Trinajstić information content (AvgIpc) is 2.85. The fourth-order valence-electron chi connectivity index (χ4n) is 2.30. The molecule has 0 aliphatic carbocycles. The molecule has 0 bridgehead atoms. The average molecular weight is 395 g/mol. The standard InChI is InChI=1S/C14H19IN2O.ClH/c1-10-12(3-2-4-13(10)15)14(18)17-8-6-11-5-7-16-9-11;/h2-4,11,16H,5-9H2,1H3,(H,17,18);1H. The lowest BCUT2D eigenvalue weighted by Gasteiger charge is -2.11.